The van der Waals surface area contributed by atoms with Crippen LogP contribution in [-0.2, 0) is 0 Å². The molecule has 1 aromatic carbocycles. The van der Waals surface area contributed by atoms with E-state index in [1.807, 2.05) is 42.1 Å². The third kappa shape index (κ3) is 4.93. The van der Waals surface area contributed by atoms with Gasteiger partial charge >= 0.3 is 6.03 Å². The summed E-state index contributed by atoms with van der Waals surface area (Å²) in [6, 6.07) is 9.25. The summed E-state index contributed by atoms with van der Waals surface area (Å²) in [7, 11) is 0. The van der Waals surface area contributed by atoms with Crippen molar-refractivity contribution >= 4 is 17.8 Å². The van der Waals surface area contributed by atoms with Crippen molar-refractivity contribution in [2.75, 3.05) is 12.4 Å². The van der Waals surface area contributed by atoms with Gasteiger partial charge in [-0.3, -0.25) is 0 Å². The van der Waals surface area contributed by atoms with Crippen LogP contribution in [-0.4, -0.2) is 34.8 Å². The largest absolute Gasteiger partial charge is 0.394 e. The third-order valence-corrected chi connectivity index (χ3v) is 5.04. The number of carbonyl (C=O) groups excluding carboxylic acids is 1. The number of benzene rings is 1. The van der Waals surface area contributed by atoms with E-state index < -0.39 is 0 Å². The Labute approximate surface area is 130 Å². The van der Waals surface area contributed by atoms with Crippen LogP contribution in [0.2, 0.25) is 0 Å². The summed E-state index contributed by atoms with van der Waals surface area (Å²) in [6.45, 7) is 2.07. The van der Waals surface area contributed by atoms with Crippen LogP contribution >= 0.6 is 11.8 Å². The highest BCUT2D eigenvalue weighted by atomic mass is 32.2. The SMILES string of the molecule is CCSC1CCC(NC(=O)NC(CO)c2ccccc2)C1. The highest BCUT2D eigenvalue weighted by molar-refractivity contribution is 7.99. The van der Waals surface area contributed by atoms with Crippen molar-refractivity contribution in [3.05, 3.63) is 35.9 Å². The molecule has 0 radical (unpaired) electrons. The van der Waals surface area contributed by atoms with Crippen molar-refractivity contribution in [2.24, 2.45) is 0 Å². The predicted molar refractivity (Wildman–Crippen MR) is 87.5 cm³/mol. The maximum atomic E-state index is 12.1. The van der Waals surface area contributed by atoms with Gasteiger partial charge in [-0.2, -0.15) is 11.8 Å². The van der Waals surface area contributed by atoms with Crippen LogP contribution in [0.4, 0.5) is 4.79 Å². The molecule has 0 saturated heterocycles. The van der Waals surface area contributed by atoms with Crippen molar-refractivity contribution in [3.63, 3.8) is 0 Å². The van der Waals surface area contributed by atoms with Crippen LogP contribution in [0.1, 0.15) is 37.8 Å². The second kappa shape index (κ2) is 8.29. The van der Waals surface area contributed by atoms with Gasteiger partial charge in [0.25, 0.3) is 0 Å². The number of carbonyl (C=O) groups is 1. The van der Waals surface area contributed by atoms with Crippen molar-refractivity contribution in [3.8, 4) is 0 Å². The fourth-order valence-corrected chi connectivity index (χ4v) is 3.91. The zero-order chi connectivity index (χ0) is 15.1. The van der Waals surface area contributed by atoms with Gasteiger partial charge in [0.05, 0.1) is 12.6 Å². The maximum absolute atomic E-state index is 12.1. The number of nitrogens with one attached hydrogen (secondary N) is 2. The summed E-state index contributed by atoms with van der Waals surface area (Å²) >= 11 is 1.97. The molecule has 1 aliphatic rings. The zero-order valence-electron chi connectivity index (χ0n) is 12.4. The number of hydrogen-bond donors (Lipinski definition) is 3. The van der Waals surface area contributed by atoms with Crippen LogP contribution in [0.3, 0.4) is 0 Å². The highest BCUT2D eigenvalue weighted by Gasteiger charge is 2.26. The van der Waals surface area contributed by atoms with E-state index in [0.717, 1.165) is 24.2 Å². The minimum absolute atomic E-state index is 0.101. The quantitative estimate of drug-likeness (QED) is 0.757. The van der Waals surface area contributed by atoms with Crippen molar-refractivity contribution in [2.45, 2.75) is 43.5 Å². The Morgan fingerprint density at radius 1 is 1.38 bits per heavy atom. The van der Waals surface area contributed by atoms with Crippen LogP contribution in [0.15, 0.2) is 30.3 Å². The Balaban J connectivity index is 1.81. The van der Waals surface area contributed by atoms with Gasteiger partial charge in [0.15, 0.2) is 0 Å². The number of rotatable bonds is 6. The lowest BCUT2D eigenvalue weighted by Crippen LogP contribution is -2.43. The summed E-state index contributed by atoms with van der Waals surface area (Å²) in [4.78, 5) is 12.1. The van der Waals surface area contributed by atoms with E-state index in [1.54, 1.807) is 0 Å². The molecule has 116 valence electrons. The molecule has 0 bridgehead atoms. The van der Waals surface area contributed by atoms with E-state index in [1.165, 1.54) is 6.42 Å². The molecule has 1 aliphatic carbocycles. The highest BCUT2D eigenvalue weighted by Crippen LogP contribution is 2.29. The average Bonchev–Trinajstić information content (AvgIpc) is 2.93. The fraction of sp³-hybridized carbons (Fsp3) is 0.562. The van der Waals surface area contributed by atoms with E-state index >= 15 is 0 Å². The molecule has 0 aromatic heterocycles. The van der Waals surface area contributed by atoms with E-state index in [9.17, 15) is 9.90 Å². The smallest absolute Gasteiger partial charge is 0.315 e. The number of aliphatic hydroxyl groups excluding tert-OH is 1. The normalized spacial score (nSPS) is 22.8. The Kier molecular flexibility index (Phi) is 6.39. The van der Waals surface area contributed by atoms with Crippen LogP contribution in [0, 0.1) is 0 Å². The first kappa shape index (κ1) is 16.2. The molecule has 1 fully saturated rings. The first-order valence-corrected chi connectivity index (χ1v) is 8.62. The summed E-state index contributed by atoms with van der Waals surface area (Å²) in [5, 5.41) is 16.0. The molecule has 3 N–H and O–H groups in total. The third-order valence-electron chi connectivity index (χ3n) is 3.81. The van der Waals surface area contributed by atoms with E-state index in [4.69, 9.17) is 0 Å². The molecule has 4 nitrogen and oxygen atoms in total. The Hall–Kier alpha value is -1.20. The lowest BCUT2D eigenvalue weighted by Gasteiger charge is -2.19. The van der Waals surface area contributed by atoms with E-state index in [-0.39, 0.29) is 24.7 Å². The summed E-state index contributed by atoms with van der Waals surface area (Å²) in [6.07, 6.45) is 3.26. The monoisotopic (exact) mass is 308 g/mol. The molecule has 3 atom stereocenters. The molecule has 3 unspecified atom stereocenters. The van der Waals surface area contributed by atoms with E-state index in [2.05, 4.69) is 17.6 Å². The Morgan fingerprint density at radius 3 is 2.81 bits per heavy atom. The Bertz CT molecular complexity index is 441. The molecule has 2 rings (SSSR count). The van der Waals surface area contributed by atoms with Crippen molar-refractivity contribution < 1.29 is 9.90 Å². The first-order valence-electron chi connectivity index (χ1n) is 7.57. The molecular formula is C16H24N2O2S. The molecule has 0 heterocycles. The zero-order valence-corrected chi connectivity index (χ0v) is 13.2. The number of urea groups is 1. The van der Waals surface area contributed by atoms with Gasteiger partial charge in [-0.05, 0) is 30.6 Å². The fourth-order valence-electron chi connectivity index (χ4n) is 2.76. The second-order valence-electron chi connectivity index (χ2n) is 5.35. The minimum Gasteiger partial charge on any atom is -0.394 e. The van der Waals surface area contributed by atoms with Gasteiger partial charge in [-0.25, -0.2) is 4.79 Å². The number of thioether (sulfide) groups is 1. The minimum atomic E-state index is -0.353. The van der Waals surface area contributed by atoms with Gasteiger partial charge in [-0.1, -0.05) is 37.3 Å². The summed E-state index contributed by atoms with van der Waals surface area (Å²) < 4.78 is 0. The lowest BCUT2D eigenvalue weighted by molar-refractivity contribution is 0.214. The maximum Gasteiger partial charge on any atom is 0.315 e. The summed E-state index contributed by atoms with van der Waals surface area (Å²) in [5.74, 6) is 1.13. The van der Waals surface area contributed by atoms with Gasteiger partial charge in [-0.15, -0.1) is 0 Å². The molecule has 5 heteroatoms. The van der Waals surface area contributed by atoms with Gasteiger partial charge in [0.1, 0.15) is 0 Å². The molecule has 0 spiro atoms. The van der Waals surface area contributed by atoms with Crippen LogP contribution in [0.25, 0.3) is 0 Å². The van der Waals surface area contributed by atoms with Crippen molar-refractivity contribution in [1.29, 1.82) is 0 Å². The first-order chi connectivity index (χ1) is 10.2. The van der Waals surface area contributed by atoms with Crippen molar-refractivity contribution in [1.82, 2.24) is 10.6 Å². The van der Waals surface area contributed by atoms with Gasteiger partial charge < -0.3 is 15.7 Å². The molecule has 1 aromatic rings. The number of hydrogen-bond acceptors (Lipinski definition) is 3. The average molecular weight is 308 g/mol. The predicted octanol–water partition coefficient (Wildman–Crippen LogP) is 2.69. The molecule has 0 aliphatic heterocycles. The molecule has 2 amide bonds. The van der Waals surface area contributed by atoms with Gasteiger partial charge in [0.2, 0.25) is 0 Å². The number of amides is 2. The Morgan fingerprint density at radius 2 is 2.14 bits per heavy atom. The molecular weight excluding hydrogens is 284 g/mol. The van der Waals surface area contributed by atoms with Gasteiger partial charge in [0, 0.05) is 11.3 Å². The summed E-state index contributed by atoms with van der Waals surface area (Å²) in [5.41, 5.74) is 0.918. The standard InChI is InChI=1S/C16H24N2O2S/c1-2-21-14-9-8-13(10-14)17-16(20)18-15(11-19)12-6-4-3-5-7-12/h3-7,13-15,19H,2,8-11H2,1H3,(H2,17,18,20). The molecule has 1 saturated carbocycles. The van der Waals surface area contributed by atoms with Crippen LogP contribution in [0.5, 0.6) is 0 Å². The lowest BCUT2D eigenvalue weighted by atomic mass is 10.1. The number of aliphatic hydroxyl groups is 1. The van der Waals surface area contributed by atoms with E-state index in [0.29, 0.717) is 5.25 Å². The topological polar surface area (TPSA) is 61.4 Å². The second-order valence-corrected chi connectivity index (χ2v) is 6.93. The van der Waals surface area contributed by atoms with Crippen LogP contribution < -0.4 is 10.6 Å². The molecule has 21 heavy (non-hydrogen) atoms.